The molecule has 142 valence electrons. The lowest BCUT2D eigenvalue weighted by Gasteiger charge is -2.41. The highest BCUT2D eigenvalue weighted by atomic mass is 32.1. The van der Waals surface area contributed by atoms with Gasteiger partial charge in [0.25, 0.3) is 0 Å². The van der Waals surface area contributed by atoms with Crippen molar-refractivity contribution in [2.24, 2.45) is 10.8 Å². The van der Waals surface area contributed by atoms with E-state index in [0.717, 1.165) is 13.1 Å². The molecule has 1 saturated carbocycles. The van der Waals surface area contributed by atoms with Crippen molar-refractivity contribution in [1.29, 1.82) is 0 Å². The topological polar surface area (TPSA) is 56.9 Å². The summed E-state index contributed by atoms with van der Waals surface area (Å²) in [6, 6.07) is 3.79. The van der Waals surface area contributed by atoms with Gasteiger partial charge < -0.3 is 10.6 Å². The van der Waals surface area contributed by atoms with Gasteiger partial charge in [0, 0.05) is 37.8 Å². The molecule has 0 amide bonds. The highest BCUT2D eigenvalue weighted by Gasteiger charge is 2.27. The summed E-state index contributed by atoms with van der Waals surface area (Å²) in [6.45, 7) is 3.21. The van der Waals surface area contributed by atoms with E-state index in [1.165, 1.54) is 44.4 Å². The van der Waals surface area contributed by atoms with Gasteiger partial charge in [-0.1, -0.05) is 19.3 Å². The van der Waals surface area contributed by atoms with Crippen LogP contribution in [0.1, 0.15) is 37.7 Å². The number of hydrogen-bond acceptors (Lipinski definition) is 4. The van der Waals surface area contributed by atoms with Crippen molar-refractivity contribution in [2.75, 3.05) is 31.1 Å². The summed E-state index contributed by atoms with van der Waals surface area (Å²) in [6.07, 6.45) is 7.63. The first-order chi connectivity index (χ1) is 12.6. The summed E-state index contributed by atoms with van der Waals surface area (Å²) < 4.78 is 28.8. The summed E-state index contributed by atoms with van der Waals surface area (Å²) in [5.41, 5.74) is 7.93. The number of rotatable bonds is 4. The normalized spacial score (nSPS) is 19.8. The zero-order valence-electron chi connectivity index (χ0n) is 14.8. The van der Waals surface area contributed by atoms with Crippen LogP contribution >= 0.6 is 12.2 Å². The summed E-state index contributed by atoms with van der Waals surface area (Å²) in [7, 11) is 0. The van der Waals surface area contributed by atoms with Crippen LogP contribution in [-0.2, 0) is 0 Å². The molecular formula is C18H25F2N5S. The van der Waals surface area contributed by atoms with Gasteiger partial charge in [-0.2, -0.15) is 5.10 Å². The lowest BCUT2D eigenvalue weighted by atomic mass is 9.94. The Kier molecular flexibility index (Phi) is 6.37. The van der Waals surface area contributed by atoms with Crippen molar-refractivity contribution in [3.05, 3.63) is 29.3 Å². The molecule has 0 aromatic heterocycles. The summed E-state index contributed by atoms with van der Waals surface area (Å²) >= 11 is 4.61. The molecule has 1 aromatic carbocycles. The molecule has 1 aliphatic heterocycles. The van der Waals surface area contributed by atoms with Crippen LogP contribution in [0.25, 0.3) is 0 Å². The van der Waals surface area contributed by atoms with Crippen LogP contribution < -0.4 is 16.1 Å². The lowest BCUT2D eigenvalue weighted by Crippen LogP contribution is -2.51. The number of halogens is 2. The maximum absolute atomic E-state index is 14.5. The third-order valence-electron chi connectivity index (χ3n) is 5.22. The zero-order chi connectivity index (χ0) is 18.5. The van der Waals surface area contributed by atoms with E-state index in [2.05, 4.69) is 27.6 Å². The number of thiocarbonyl (C=S) groups is 1. The molecule has 5 nitrogen and oxygen atoms in total. The van der Waals surface area contributed by atoms with Crippen molar-refractivity contribution < 1.29 is 8.78 Å². The fourth-order valence-corrected chi connectivity index (χ4v) is 3.89. The number of anilines is 1. The second-order valence-electron chi connectivity index (χ2n) is 6.85. The molecule has 2 fully saturated rings. The Bertz CT molecular complexity index is 668. The van der Waals surface area contributed by atoms with Gasteiger partial charge in [-0.3, -0.25) is 10.3 Å². The number of nitrogens with two attached hydrogens (primary N) is 1. The molecule has 0 spiro atoms. The second kappa shape index (κ2) is 8.73. The van der Waals surface area contributed by atoms with Crippen molar-refractivity contribution in [3.63, 3.8) is 0 Å². The number of hydrazone groups is 1. The molecular weight excluding hydrogens is 356 g/mol. The Labute approximate surface area is 158 Å². The summed E-state index contributed by atoms with van der Waals surface area (Å²) in [4.78, 5) is 4.43. The second-order valence-corrected chi connectivity index (χ2v) is 7.29. The molecule has 0 unspecified atom stereocenters. The smallest absolute Gasteiger partial charge is 0.184 e. The Morgan fingerprint density at radius 1 is 1.12 bits per heavy atom. The van der Waals surface area contributed by atoms with Crippen LogP contribution in [0.4, 0.5) is 14.5 Å². The van der Waals surface area contributed by atoms with E-state index < -0.39 is 11.6 Å². The molecule has 8 heteroatoms. The Hall–Kier alpha value is -1.80. The first kappa shape index (κ1) is 19.0. The van der Waals surface area contributed by atoms with Crippen molar-refractivity contribution in [3.8, 4) is 0 Å². The molecule has 0 atom stereocenters. The largest absolute Gasteiger partial charge is 0.375 e. The molecule has 1 heterocycles. The van der Waals surface area contributed by atoms with Gasteiger partial charge in [-0.15, -0.1) is 0 Å². The van der Waals surface area contributed by atoms with Crippen molar-refractivity contribution >= 4 is 29.2 Å². The number of benzene rings is 1. The van der Waals surface area contributed by atoms with Gasteiger partial charge >= 0.3 is 0 Å². The van der Waals surface area contributed by atoms with Gasteiger partial charge in [0.05, 0.1) is 11.9 Å². The van der Waals surface area contributed by atoms with E-state index in [9.17, 15) is 8.78 Å². The van der Waals surface area contributed by atoms with Gasteiger partial charge in [0.1, 0.15) is 0 Å². The molecule has 2 aliphatic rings. The molecule has 3 N–H and O–H groups in total. The molecule has 3 rings (SSSR count). The van der Waals surface area contributed by atoms with E-state index in [0.29, 0.717) is 24.8 Å². The Morgan fingerprint density at radius 3 is 2.46 bits per heavy atom. The first-order valence-electron chi connectivity index (χ1n) is 9.12. The predicted molar refractivity (Wildman–Crippen MR) is 105 cm³/mol. The number of hydrogen-bond donors (Lipinski definition) is 2. The van der Waals surface area contributed by atoms with Crippen molar-refractivity contribution in [2.45, 2.75) is 38.1 Å². The maximum Gasteiger partial charge on any atom is 0.184 e. The third-order valence-corrected chi connectivity index (χ3v) is 5.31. The predicted octanol–water partition coefficient (Wildman–Crippen LogP) is 2.59. The lowest BCUT2D eigenvalue weighted by molar-refractivity contribution is 0.147. The first-order valence-corrected chi connectivity index (χ1v) is 9.52. The minimum absolute atomic E-state index is 0.0328. The number of nitrogens with one attached hydrogen (secondary N) is 1. The fraction of sp³-hybridized carbons (Fsp3) is 0.556. The van der Waals surface area contributed by atoms with E-state index in [4.69, 9.17) is 5.73 Å². The van der Waals surface area contributed by atoms with Crippen LogP contribution in [0.3, 0.4) is 0 Å². The number of piperazine rings is 1. The molecule has 26 heavy (non-hydrogen) atoms. The van der Waals surface area contributed by atoms with Crippen LogP contribution in [0.2, 0.25) is 0 Å². The average Bonchev–Trinajstić information content (AvgIpc) is 2.66. The minimum atomic E-state index is -0.911. The summed E-state index contributed by atoms with van der Waals surface area (Å²) in [5, 5.41) is 3.65. The average molecular weight is 381 g/mol. The van der Waals surface area contributed by atoms with Crippen LogP contribution in [-0.4, -0.2) is 48.4 Å². The van der Waals surface area contributed by atoms with Gasteiger partial charge in [-0.25, -0.2) is 8.78 Å². The molecule has 1 aromatic rings. The van der Waals surface area contributed by atoms with Crippen LogP contribution in [0.15, 0.2) is 17.2 Å². The highest BCUT2D eigenvalue weighted by molar-refractivity contribution is 7.80. The monoisotopic (exact) mass is 381 g/mol. The minimum Gasteiger partial charge on any atom is -0.375 e. The van der Waals surface area contributed by atoms with Crippen molar-refractivity contribution in [1.82, 2.24) is 10.3 Å². The highest BCUT2D eigenvalue weighted by Crippen LogP contribution is 2.27. The van der Waals surface area contributed by atoms with E-state index in [1.54, 1.807) is 6.07 Å². The van der Waals surface area contributed by atoms with Gasteiger partial charge in [0.15, 0.2) is 16.7 Å². The standard InChI is InChI=1S/C18H25F2N5S/c19-16-13(12-22-23-18(21)26)6-7-15(17(16)20)25-10-8-24(9-11-25)14-4-2-1-3-5-14/h6-7,12,14H,1-5,8-11H2,(H3,21,23,26). The molecule has 1 aliphatic carbocycles. The van der Waals surface area contributed by atoms with E-state index in [-0.39, 0.29) is 10.7 Å². The third kappa shape index (κ3) is 4.48. The van der Waals surface area contributed by atoms with E-state index >= 15 is 0 Å². The van der Waals surface area contributed by atoms with Crippen LogP contribution in [0, 0.1) is 11.6 Å². The fourth-order valence-electron chi connectivity index (χ4n) is 3.84. The summed E-state index contributed by atoms with van der Waals surface area (Å²) in [5.74, 6) is -1.75. The SMILES string of the molecule is NC(=S)NN=Cc1ccc(N2CCN(C3CCCCC3)CC2)c(F)c1F. The number of nitrogens with zero attached hydrogens (tertiary/aromatic N) is 3. The van der Waals surface area contributed by atoms with Gasteiger partial charge in [-0.05, 0) is 37.2 Å². The maximum atomic E-state index is 14.5. The van der Waals surface area contributed by atoms with E-state index in [1.807, 2.05) is 4.90 Å². The molecule has 0 radical (unpaired) electrons. The zero-order valence-corrected chi connectivity index (χ0v) is 15.6. The molecule has 1 saturated heterocycles. The quantitative estimate of drug-likeness (QED) is 0.477. The molecule has 0 bridgehead atoms. The van der Waals surface area contributed by atoms with Crippen LogP contribution in [0.5, 0.6) is 0 Å². The Balaban J connectivity index is 1.64. The Morgan fingerprint density at radius 2 is 1.81 bits per heavy atom. The van der Waals surface area contributed by atoms with Gasteiger partial charge in [0.2, 0.25) is 0 Å².